The summed E-state index contributed by atoms with van der Waals surface area (Å²) >= 11 is 0. The lowest BCUT2D eigenvalue weighted by Gasteiger charge is -2.04. The van der Waals surface area contributed by atoms with E-state index in [9.17, 15) is 14.4 Å². The Morgan fingerprint density at radius 3 is 2.77 bits per heavy atom. The number of hydrogen-bond donors (Lipinski definition) is 2. The van der Waals surface area contributed by atoms with Gasteiger partial charge >= 0.3 is 5.69 Å². The van der Waals surface area contributed by atoms with Gasteiger partial charge in [-0.2, -0.15) is 4.98 Å². The molecule has 0 spiro atoms. The van der Waals surface area contributed by atoms with E-state index in [0.717, 1.165) is 5.56 Å². The van der Waals surface area contributed by atoms with Crippen LogP contribution >= 0.6 is 0 Å². The van der Waals surface area contributed by atoms with E-state index in [-0.39, 0.29) is 25.4 Å². The Labute approximate surface area is 147 Å². The average molecular weight is 355 g/mol. The molecule has 0 radical (unpaired) electrons. The van der Waals surface area contributed by atoms with E-state index in [1.54, 1.807) is 0 Å². The van der Waals surface area contributed by atoms with Gasteiger partial charge in [-0.15, -0.1) is 0 Å². The van der Waals surface area contributed by atoms with Crippen LogP contribution in [-0.2, 0) is 24.3 Å². The largest absolute Gasteiger partial charge is 0.347 e. The lowest BCUT2D eigenvalue weighted by molar-refractivity contribution is -0.121. The van der Waals surface area contributed by atoms with Crippen molar-refractivity contribution >= 4 is 5.91 Å². The molecule has 0 aliphatic carbocycles. The van der Waals surface area contributed by atoms with Gasteiger partial charge in [-0.3, -0.25) is 14.6 Å². The summed E-state index contributed by atoms with van der Waals surface area (Å²) in [5, 5.41) is 6.54. The molecule has 2 heterocycles. The predicted octanol–water partition coefficient (Wildman–Crippen LogP) is 0.217. The van der Waals surface area contributed by atoms with Gasteiger partial charge in [0.15, 0.2) is 5.82 Å². The Hall–Kier alpha value is -3.49. The predicted molar refractivity (Wildman–Crippen MR) is 91.3 cm³/mol. The monoisotopic (exact) mass is 355 g/mol. The van der Waals surface area contributed by atoms with Crippen molar-refractivity contribution in [2.24, 2.45) is 0 Å². The quantitative estimate of drug-likeness (QED) is 0.625. The minimum atomic E-state index is -0.548. The number of hydrogen-bond acceptors (Lipinski definition) is 6. The van der Waals surface area contributed by atoms with Gasteiger partial charge in [0.05, 0.1) is 6.54 Å². The Morgan fingerprint density at radius 2 is 2.00 bits per heavy atom. The van der Waals surface area contributed by atoms with Crippen molar-refractivity contribution in [1.29, 1.82) is 0 Å². The molecule has 9 nitrogen and oxygen atoms in total. The maximum absolute atomic E-state index is 11.9. The van der Waals surface area contributed by atoms with Crippen molar-refractivity contribution in [2.75, 3.05) is 0 Å². The summed E-state index contributed by atoms with van der Waals surface area (Å²) in [4.78, 5) is 40.8. The molecule has 9 heteroatoms. The normalized spacial score (nSPS) is 10.6. The van der Waals surface area contributed by atoms with Crippen LogP contribution in [-0.4, -0.2) is 25.6 Å². The van der Waals surface area contributed by atoms with E-state index in [4.69, 9.17) is 4.52 Å². The molecular weight excluding hydrogens is 338 g/mol. The average Bonchev–Trinajstić information content (AvgIpc) is 3.07. The fourth-order valence-corrected chi connectivity index (χ4v) is 2.32. The zero-order valence-electron chi connectivity index (χ0n) is 13.8. The molecule has 3 aromatic rings. The molecule has 0 atom stereocenters. The van der Waals surface area contributed by atoms with Crippen LogP contribution in [0, 0.1) is 0 Å². The third-order valence-corrected chi connectivity index (χ3v) is 3.63. The maximum atomic E-state index is 11.9. The second-order valence-corrected chi connectivity index (χ2v) is 5.60. The molecule has 0 bridgehead atoms. The molecular formula is C17H17N5O4. The van der Waals surface area contributed by atoms with Crippen LogP contribution < -0.4 is 16.6 Å². The summed E-state index contributed by atoms with van der Waals surface area (Å²) in [7, 11) is 0. The Morgan fingerprint density at radius 1 is 1.19 bits per heavy atom. The van der Waals surface area contributed by atoms with E-state index in [1.807, 2.05) is 30.3 Å². The molecule has 134 valence electrons. The molecule has 0 aliphatic rings. The van der Waals surface area contributed by atoms with Crippen molar-refractivity contribution in [1.82, 2.24) is 25.0 Å². The summed E-state index contributed by atoms with van der Waals surface area (Å²) in [5.74, 6) is 0.580. The highest BCUT2D eigenvalue weighted by Gasteiger charge is 2.09. The van der Waals surface area contributed by atoms with Crippen LogP contribution in [0.15, 0.2) is 56.7 Å². The molecule has 2 N–H and O–H groups in total. The maximum Gasteiger partial charge on any atom is 0.328 e. The van der Waals surface area contributed by atoms with Crippen LogP contribution in [0.4, 0.5) is 0 Å². The third-order valence-electron chi connectivity index (χ3n) is 3.63. The lowest BCUT2D eigenvalue weighted by Crippen LogP contribution is -2.31. The van der Waals surface area contributed by atoms with Gasteiger partial charge in [0.2, 0.25) is 11.8 Å². The standard InChI is InChI=1S/C17H17N5O4/c23-14(6-8-22-9-7-15(24)20-17(22)25)18-11-16-19-13(21-26-16)10-12-4-2-1-3-5-12/h1-5,7,9H,6,8,10-11H2,(H,18,23)(H,20,24,25). The Balaban J connectivity index is 1.47. The molecule has 2 aromatic heterocycles. The topological polar surface area (TPSA) is 123 Å². The van der Waals surface area contributed by atoms with Crippen LogP contribution in [0.2, 0.25) is 0 Å². The number of nitrogens with zero attached hydrogens (tertiary/aromatic N) is 3. The fraction of sp³-hybridized carbons (Fsp3) is 0.235. The molecule has 26 heavy (non-hydrogen) atoms. The number of nitrogens with one attached hydrogen (secondary N) is 2. The number of aromatic nitrogens is 4. The van der Waals surface area contributed by atoms with Gasteiger partial charge in [0.1, 0.15) is 0 Å². The van der Waals surface area contributed by atoms with Crippen molar-refractivity contribution in [3.8, 4) is 0 Å². The SMILES string of the molecule is O=C(CCn1ccc(=O)[nH]c1=O)NCc1nc(Cc2ccccc2)no1. The third kappa shape index (κ3) is 4.76. The van der Waals surface area contributed by atoms with Gasteiger partial charge < -0.3 is 14.4 Å². The first-order valence-electron chi connectivity index (χ1n) is 8.02. The molecule has 1 amide bonds. The van der Waals surface area contributed by atoms with Gasteiger partial charge in [-0.05, 0) is 5.56 Å². The van der Waals surface area contributed by atoms with Gasteiger partial charge in [0.25, 0.3) is 5.56 Å². The number of aryl methyl sites for hydroxylation is 1. The first-order valence-corrected chi connectivity index (χ1v) is 8.02. The van der Waals surface area contributed by atoms with E-state index in [2.05, 4.69) is 20.4 Å². The van der Waals surface area contributed by atoms with Gasteiger partial charge in [0, 0.05) is 31.6 Å². The summed E-state index contributed by atoms with van der Waals surface area (Å²) in [6.07, 6.45) is 1.98. The van der Waals surface area contributed by atoms with Crippen molar-refractivity contribution in [3.05, 3.63) is 80.7 Å². The van der Waals surface area contributed by atoms with Crippen molar-refractivity contribution in [3.63, 3.8) is 0 Å². The molecule has 0 saturated carbocycles. The zero-order chi connectivity index (χ0) is 18.4. The smallest absolute Gasteiger partial charge is 0.328 e. The summed E-state index contributed by atoms with van der Waals surface area (Å²) in [6.45, 7) is 0.270. The molecule has 1 aromatic carbocycles. The van der Waals surface area contributed by atoms with E-state index < -0.39 is 11.2 Å². The number of aromatic amines is 1. The van der Waals surface area contributed by atoms with E-state index in [1.165, 1.54) is 16.8 Å². The molecule has 0 aliphatic heterocycles. The highest BCUT2D eigenvalue weighted by atomic mass is 16.5. The van der Waals surface area contributed by atoms with E-state index in [0.29, 0.717) is 18.1 Å². The summed E-state index contributed by atoms with van der Waals surface area (Å²) in [5.41, 5.74) is 0.0430. The van der Waals surface area contributed by atoms with Gasteiger partial charge in [-0.1, -0.05) is 35.5 Å². The number of rotatable bonds is 7. The molecule has 3 rings (SSSR count). The number of carbonyl (C=O) groups is 1. The lowest BCUT2D eigenvalue weighted by atomic mass is 10.1. The highest BCUT2D eigenvalue weighted by molar-refractivity contribution is 5.75. The number of H-pyrrole nitrogens is 1. The summed E-state index contributed by atoms with van der Waals surface area (Å²) < 4.78 is 6.37. The van der Waals surface area contributed by atoms with Crippen LogP contribution in [0.25, 0.3) is 0 Å². The number of amides is 1. The molecule has 0 saturated heterocycles. The fourth-order valence-electron chi connectivity index (χ4n) is 2.32. The zero-order valence-corrected chi connectivity index (χ0v) is 13.8. The van der Waals surface area contributed by atoms with Crippen molar-refractivity contribution in [2.45, 2.75) is 25.9 Å². The minimum Gasteiger partial charge on any atom is -0.347 e. The first-order chi connectivity index (χ1) is 12.6. The number of carbonyl (C=O) groups excluding carboxylic acids is 1. The second kappa shape index (κ2) is 8.06. The Kier molecular flexibility index (Phi) is 5.37. The number of benzene rings is 1. The van der Waals surface area contributed by atoms with Crippen molar-refractivity contribution < 1.29 is 9.32 Å². The minimum absolute atomic E-state index is 0.0803. The first kappa shape index (κ1) is 17.3. The highest BCUT2D eigenvalue weighted by Crippen LogP contribution is 2.06. The van der Waals surface area contributed by atoms with E-state index >= 15 is 0 Å². The van der Waals surface area contributed by atoms with Crippen LogP contribution in [0.1, 0.15) is 23.7 Å². The van der Waals surface area contributed by atoms with Gasteiger partial charge in [-0.25, -0.2) is 4.79 Å². The molecule has 0 fully saturated rings. The second-order valence-electron chi connectivity index (χ2n) is 5.60. The Bertz CT molecular complexity index is 990. The summed E-state index contributed by atoms with van der Waals surface area (Å²) in [6, 6.07) is 11.0. The van der Waals surface area contributed by atoms with Crippen LogP contribution in [0.3, 0.4) is 0 Å². The van der Waals surface area contributed by atoms with Crippen LogP contribution in [0.5, 0.6) is 0 Å². The molecule has 0 unspecified atom stereocenters.